The molecule has 21 heavy (non-hydrogen) atoms. The highest BCUT2D eigenvalue weighted by Gasteiger charge is 2.18. The summed E-state index contributed by atoms with van der Waals surface area (Å²) in [5, 5.41) is 11.1. The average molecular weight is 303 g/mol. The zero-order valence-corrected chi connectivity index (χ0v) is 12.4. The van der Waals surface area contributed by atoms with Crippen molar-refractivity contribution in [2.75, 3.05) is 5.75 Å². The van der Waals surface area contributed by atoms with E-state index in [4.69, 9.17) is 0 Å². The van der Waals surface area contributed by atoms with E-state index in [9.17, 15) is 4.79 Å². The summed E-state index contributed by atoms with van der Waals surface area (Å²) >= 11 is 1.53. The number of nitrogens with one attached hydrogen (secondary N) is 1. The van der Waals surface area contributed by atoms with Crippen molar-refractivity contribution >= 4 is 17.7 Å². The molecule has 2 aromatic heterocycles. The van der Waals surface area contributed by atoms with Crippen LogP contribution in [0.1, 0.15) is 18.7 Å². The molecule has 1 atom stereocenters. The van der Waals surface area contributed by atoms with Crippen LogP contribution in [0.15, 0.2) is 35.7 Å². The van der Waals surface area contributed by atoms with Gasteiger partial charge in [0.15, 0.2) is 0 Å². The molecule has 0 aromatic carbocycles. The number of aromatic nitrogens is 4. The van der Waals surface area contributed by atoms with E-state index in [0.29, 0.717) is 5.75 Å². The number of carbonyl (C=O) groups is 1. The number of aryl methyl sites for hydroxylation is 2. The Balaban J connectivity index is 1.46. The maximum absolute atomic E-state index is 12.0. The van der Waals surface area contributed by atoms with Crippen molar-refractivity contribution in [2.24, 2.45) is 0 Å². The number of carbonyl (C=O) groups excluding carboxylic acids is 1. The van der Waals surface area contributed by atoms with Crippen molar-refractivity contribution in [1.29, 1.82) is 0 Å². The van der Waals surface area contributed by atoms with Crippen molar-refractivity contribution in [3.05, 3.63) is 36.7 Å². The second kappa shape index (κ2) is 6.71. The molecule has 1 aliphatic rings. The minimum Gasteiger partial charge on any atom is -0.353 e. The third kappa shape index (κ3) is 3.81. The van der Waals surface area contributed by atoms with Gasteiger partial charge in [0.1, 0.15) is 12.2 Å². The van der Waals surface area contributed by atoms with Gasteiger partial charge in [-0.2, -0.15) is 0 Å². The van der Waals surface area contributed by atoms with E-state index in [1.165, 1.54) is 11.8 Å². The third-order valence-corrected chi connectivity index (χ3v) is 4.53. The third-order valence-electron chi connectivity index (χ3n) is 3.52. The van der Waals surface area contributed by atoms with Gasteiger partial charge in [0.05, 0.1) is 5.75 Å². The minimum absolute atomic E-state index is 0.0828. The van der Waals surface area contributed by atoms with Crippen LogP contribution in [0.25, 0.3) is 0 Å². The number of hydrogen-bond donors (Lipinski definition) is 1. The molecule has 3 heterocycles. The van der Waals surface area contributed by atoms with Crippen LogP contribution in [0.2, 0.25) is 0 Å². The first kappa shape index (κ1) is 14.1. The van der Waals surface area contributed by atoms with Crippen LogP contribution in [0.5, 0.6) is 0 Å². The number of amides is 1. The van der Waals surface area contributed by atoms with Crippen molar-refractivity contribution < 1.29 is 4.79 Å². The molecule has 110 valence electrons. The quantitative estimate of drug-likeness (QED) is 0.862. The number of fused-ring (bicyclic) bond motifs is 1. The molecule has 7 heteroatoms. The van der Waals surface area contributed by atoms with Crippen molar-refractivity contribution in [3.8, 4) is 0 Å². The van der Waals surface area contributed by atoms with E-state index in [0.717, 1.165) is 36.5 Å². The first-order chi connectivity index (χ1) is 10.3. The molecule has 0 aliphatic carbocycles. The molecule has 6 nitrogen and oxygen atoms in total. The van der Waals surface area contributed by atoms with Gasteiger partial charge in [0, 0.05) is 36.3 Å². The normalized spacial score (nSPS) is 17.8. The van der Waals surface area contributed by atoms with Crippen LogP contribution in [0.3, 0.4) is 0 Å². The molecule has 2 aromatic rings. The van der Waals surface area contributed by atoms with Gasteiger partial charge in [0.25, 0.3) is 0 Å². The van der Waals surface area contributed by atoms with Gasteiger partial charge in [-0.05, 0) is 25.0 Å². The Morgan fingerprint density at radius 3 is 3.10 bits per heavy atom. The number of rotatable bonds is 4. The monoisotopic (exact) mass is 303 g/mol. The molecular weight excluding hydrogens is 286 g/mol. The van der Waals surface area contributed by atoms with Crippen LogP contribution in [0, 0.1) is 0 Å². The molecule has 3 rings (SSSR count). The van der Waals surface area contributed by atoms with Gasteiger partial charge in [0.2, 0.25) is 5.91 Å². The van der Waals surface area contributed by atoms with E-state index in [-0.39, 0.29) is 11.9 Å². The molecular formula is C14H17N5OS. The van der Waals surface area contributed by atoms with Crippen LogP contribution < -0.4 is 5.32 Å². The lowest BCUT2D eigenvalue weighted by Gasteiger charge is -2.15. The fraction of sp³-hybridized carbons (Fsp3) is 0.429. The number of pyridine rings is 1. The molecule has 1 aliphatic heterocycles. The predicted molar refractivity (Wildman–Crippen MR) is 79.9 cm³/mol. The Hall–Kier alpha value is -1.89. The molecule has 0 saturated heterocycles. The van der Waals surface area contributed by atoms with Crippen molar-refractivity contribution in [2.45, 2.75) is 36.7 Å². The summed E-state index contributed by atoms with van der Waals surface area (Å²) in [6.45, 7) is 0.866. The summed E-state index contributed by atoms with van der Waals surface area (Å²) in [5.41, 5.74) is 0. The summed E-state index contributed by atoms with van der Waals surface area (Å²) in [6, 6.07) is 4.04. The van der Waals surface area contributed by atoms with Crippen molar-refractivity contribution in [1.82, 2.24) is 25.1 Å². The maximum Gasteiger partial charge on any atom is 0.230 e. The Kier molecular flexibility index (Phi) is 4.49. The summed E-state index contributed by atoms with van der Waals surface area (Å²) in [7, 11) is 0. The molecule has 1 unspecified atom stereocenters. The highest BCUT2D eigenvalue weighted by Crippen LogP contribution is 2.17. The second-order valence-corrected chi connectivity index (χ2v) is 6.05. The van der Waals surface area contributed by atoms with Crippen LogP contribution in [-0.2, 0) is 17.8 Å². The van der Waals surface area contributed by atoms with Gasteiger partial charge in [-0.15, -0.1) is 22.0 Å². The number of nitrogens with zero attached hydrogens (tertiary/aromatic N) is 4. The summed E-state index contributed by atoms with van der Waals surface area (Å²) in [4.78, 5) is 17.1. The Morgan fingerprint density at radius 1 is 1.38 bits per heavy atom. The average Bonchev–Trinajstić information content (AvgIpc) is 2.88. The Labute approximate surface area is 127 Å². The smallest absolute Gasteiger partial charge is 0.230 e. The van der Waals surface area contributed by atoms with Gasteiger partial charge in [-0.3, -0.25) is 9.78 Å². The number of hydrogen-bond acceptors (Lipinski definition) is 5. The molecule has 0 spiro atoms. The molecule has 0 fully saturated rings. The van der Waals surface area contributed by atoms with E-state index in [1.54, 1.807) is 18.7 Å². The van der Waals surface area contributed by atoms with Gasteiger partial charge in [-0.25, -0.2) is 0 Å². The number of thioether (sulfide) groups is 1. The summed E-state index contributed by atoms with van der Waals surface area (Å²) in [5.74, 6) is 1.53. The van der Waals surface area contributed by atoms with E-state index in [2.05, 4.69) is 25.1 Å². The van der Waals surface area contributed by atoms with E-state index < -0.39 is 0 Å². The molecule has 1 amide bonds. The van der Waals surface area contributed by atoms with Gasteiger partial charge in [-0.1, -0.05) is 0 Å². The lowest BCUT2D eigenvalue weighted by Crippen LogP contribution is -2.36. The van der Waals surface area contributed by atoms with Gasteiger partial charge < -0.3 is 9.88 Å². The molecule has 0 radical (unpaired) electrons. The predicted octanol–water partition coefficient (Wildman–Crippen LogP) is 1.29. The lowest BCUT2D eigenvalue weighted by atomic mass is 10.1. The van der Waals surface area contributed by atoms with Crippen LogP contribution in [0.4, 0.5) is 0 Å². The molecule has 0 saturated carbocycles. The zero-order chi connectivity index (χ0) is 14.5. The zero-order valence-electron chi connectivity index (χ0n) is 11.6. The highest BCUT2D eigenvalue weighted by atomic mass is 32.2. The molecule has 1 N–H and O–H groups in total. The van der Waals surface area contributed by atoms with Crippen LogP contribution in [-0.4, -0.2) is 37.5 Å². The summed E-state index contributed by atoms with van der Waals surface area (Å²) in [6.07, 6.45) is 7.95. The van der Waals surface area contributed by atoms with E-state index >= 15 is 0 Å². The standard InChI is InChI=1S/C14H17N5OS/c20-14(9-21-12-3-6-15-7-4-12)17-11-1-2-13-18-16-10-19(13)8-5-11/h3-4,6-7,10-11H,1-2,5,8-9H2,(H,17,20). The summed E-state index contributed by atoms with van der Waals surface area (Å²) < 4.78 is 2.07. The van der Waals surface area contributed by atoms with E-state index in [1.807, 2.05) is 12.1 Å². The SMILES string of the molecule is O=C(CSc1ccncc1)NC1CCc2nncn2CC1. The Bertz CT molecular complexity index is 578. The fourth-order valence-corrected chi connectivity index (χ4v) is 3.09. The van der Waals surface area contributed by atoms with Crippen molar-refractivity contribution in [3.63, 3.8) is 0 Å². The van der Waals surface area contributed by atoms with Gasteiger partial charge >= 0.3 is 0 Å². The lowest BCUT2D eigenvalue weighted by molar-refractivity contribution is -0.119. The van der Waals surface area contributed by atoms with Crippen LogP contribution >= 0.6 is 11.8 Å². The second-order valence-electron chi connectivity index (χ2n) is 5.00. The minimum atomic E-state index is 0.0828. The maximum atomic E-state index is 12.0. The first-order valence-electron chi connectivity index (χ1n) is 7.00. The first-order valence-corrected chi connectivity index (χ1v) is 7.99. The fourth-order valence-electron chi connectivity index (χ4n) is 2.40. The largest absolute Gasteiger partial charge is 0.353 e. The highest BCUT2D eigenvalue weighted by molar-refractivity contribution is 8.00. The topological polar surface area (TPSA) is 72.7 Å². The molecule has 0 bridgehead atoms. The Morgan fingerprint density at radius 2 is 2.24 bits per heavy atom.